The molecule has 28 heavy (non-hydrogen) atoms. The molecular weight excluding hydrogens is 364 g/mol. The van der Waals surface area contributed by atoms with Gasteiger partial charge in [-0.2, -0.15) is 4.98 Å². The van der Waals surface area contributed by atoms with E-state index in [1.54, 1.807) is 0 Å². The van der Waals surface area contributed by atoms with Crippen molar-refractivity contribution in [1.82, 2.24) is 18.7 Å². The lowest BCUT2D eigenvalue weighted by Gasteiger charge is -2.15. The van der Waals surface area contributed by atoms with Crippen molar-refractivity contribution in [2.75, 3.05) is 12.0 Å². The molecule has 0 aliphatic heterocycles. The molecule has 0 amide bonds. The molecule has 0 bridgehead atoms. The maximum absolute atomic E-state index is 12.6. The zero-order valence-electron chi connectivity index (χ0n) is 16.0. The second kappa shape index (κ2) is 7.87. The van der Waals surface area contributed by atoms with Gasteiger partial charge in [-0.1, -0.05) is 19.1 Å². The topological polar surface area (TPSA) is 129 Å². The van der Waals surface area contributed by atoms with Gasteiger partial charge in [0, 0.05) is 14.1 Å². The number of nitrogens with one attached hydrogen (secondary N) is 1. The van der Waals surface area contributed by atoms with Gasteiger partial charge in [0.25, 0.3) is 5.56 Å². The van der Waals surface area contributed by atoms with Crippen molar-refractivity contribution in [1.29, 1.82) is 0 Å². The summed E-state index contributed by atoms with van der Waals surface area (Å²) in [6.07, 6.45) is -0.0503. The first kappa shape index (κ1) is 19.6. The number of nitrogens with two attached hydrogens (primary N) is 1. The molecule has 1 atom stereocenters. The van der Waals surface area contributed by atoms with Crippen molar-refractivity contribution in [3.05, 3.63) is 50.7 Å². The second-order valence-corrected chi connectivity index (χ2v) is 6.53. The minimum absolute atomic E-state index is 0.0109. The summed E-state index contributed by atoms with van der Waals surface area (Å²) in [5, 5.41) is 10.5. The van der Waals surface area contributed by atoms with Gasteiger partial charge in [0.05, 0.1) is 6.54 Å². The van der Waals surface area contributed by atoms with Crippen molar-refractivity contribution in [3.63, 3.8) is 0 Å². The lowest BCUT2D eigenvalue weighted by Crippen LogP contribution is -2.38. The van der Waals surface area contributed by atoms with E-state index in [0.717, 1.165) is 16.6 Å². The monoisotopic (exact) mass is 388 g/mol. The van der Waals surface area contributed by atoms with Crippen LogP contribution < -0.4 is 27.3 Å². The first-order chi connectivity index (χ1) is 13.4. The van der Waals surface area contributed by atoms with Gasteiger partial charge in [0.1, 0.15) is 18.5 Å². The van der Waals surface area contributed by atoms with Crippen LogP contribution in [-0.4, -0.2) is 36.5 Å². The number of anilines is 1. The van der Waals surface area contributed by atoms with E-state index in [0.29, 0.717) is 5.75 Å². The van der Waals surface area contributed by atoms with Gasteiger partial charge in [-0.3, -0.25) is 19.4 Å². The normalized spacial score (nSPS) is 12.3. The third-order valence-corrected chi connectivity index (χ3v) is 4.62. The predicted octanol–water partition coefficient (Wildman–Crippen LogP) is -0.278. The molecule has 0 radical (unpaired) electrons. The summed E-state index contributed by atoms with van der Waals surface area (Å²) in [6, 6.07) is 7.62. The lowest BCUT2D eigenvalue weighted by atomic mass is 10.2. The molecule has 0 saturated carbocycles. The number of nitrogen functional groups attached to an aromatic ring is 1. The van der Waals surface area contributed by atoms with Crippen LogP contribution in [0.1, 0.15) is 12.5 Å². The van der Waals surface area contributed by atoms with Crippen LogP contribution in [0.2, 0.25) is 0 Å². The van der Waals surface area contributed by atoms with E-state index < -0.39 is 17.4 Å². The number of aliphatic hydroxyl groups excluding tert-OH is 1. The molecule has 4 N–H and O–H groups in total. The highest BCUT2D eigenvalue weighted by Crippen LogP contribution is 2.17. The number of hydrazine groups is 1. The Morgan fingerprint density at radius 1 is 1.29 bits per heavy atom. The SMILES string of the molecule is CCc1cccc(OC[C@H](O)Cn2c(NN)nc3c2c(=O)n(C)c(=O)n3C)c1. The fourth-order valence-electron chi connectivity index (χ4n) is 3.05. The fraction of sp³-hybridized carbons (Fsp3) is 0.389. The van der Waals surface area contributed by atoms with Crippen LogP contribution in [0.25, 0.3) is 11.2 Å². The highest BCUT2D eigenvalue weighted by Gasteiger charge is 2.20. The van der Waals surface area contributed by atoms with Gasteiger partial charge >= 0.3 is 5.69 Å². The molecule has 150 valence electrons. The highest BCUT2D eigenvalue weighted by molar-refractivity contribution is 5.74. The molecule has 0 unspecified atom stereocenters. The summed E-state index contributed by atoms with van der Waals surface area (Å²) in [5.41, 5.74) is 2.88. The average molecular weight is 388 g/mol. The van der Waals surface area contributed by atoms with Crippen molar-refractivity contribution >= 4 is 17.1 Å². The van der Waals surface area contributed by atoms with E-state index in [1.165, 1.54) is 23.2 Å². The third kappa shape index (κ3) is 3.51. The smallest absolute Gasteiger partial charge is 0.332 e. The lowest BCUT2D eigenvalue weighted by molar-refractivity contribution is 0.0938. The summed E-state index contributed by atoms with van der Waals surface area (Å²) in [7, 11) is 2.90. The van der Waals surface area contributed by atoms with Crippen LogP contribution in [0.4, 0.5) is 5.95 Å². The van der Waals surface area contributed by atoms with E-state index in [4.69, 9.17) is 10.6 Å². The molecule has 0 aliphatic rings. The second-order valence-electron chi connectivity index (χ2n) is 6.53. The summed E-state index contributed by atoms with van der Waals surface area (Å²) >= 11 is 0. The average Bonchev–Trinajstić information content (AvgIpc) is 3.07. The van der Waals surface area contributed by atoms with Crippen LogP contribution in [0, 0.1) is 0 Å². The summed E-state index contributed by atoms with van der Waals surface area (Å²) in [5.74, 6) is 6.34. The standard InChI is InChI=1S/C18H24N6O4/c1-4-11-6-5-7-13(8-11)28-10-12(25)9-24-14-15(20-17(24)21-19)22(2)18(27)23(3)16(14)26/h5-8,12,25H,4,9-10,19H2,1-3H3,(H,20,21)/t12-/m1/s1. The fourth-order valence-corrected chi connectivity index (χ4v) is 3.05. The molecule has 2 aromatic heterocycles. The van der Waals surface area contributed by atoms with Gasteiger partial charge in [-0.25, -0.2) is 10.6 Å². The number of hydrogen-bond donors (Lipinski definition) is 3. The maximum atomic E-state index is 12.6. The molecule has 10 nitrogen and oxygen atoms in total. The van der Waals surface area contributed by atoms with Crippen LogP contribution >= 0.6 is 0 Å². The van der Waals surface area contributed by atoms with Crippen molar-refractivity contribution in [2.45, 2.75) is 26.0 Å². The molecule has 0 aliphatic carbocycles. The van der Waals surface area contributed by atoms with Gasteiger partial charge < -0.3 is 14.4 Å². The van der Waals surface area contributed by atoms with Crippen molar-refractivity contribution in [3.8, 4) is 5.75 Å². The Kier molecular flexibility index (Phi) is 5.52. The largest absolute Gasteiger partial charge is 0.491 e. The number of fused-ring (bicyclic) bond motifs is 1. The highest BCUT2D eigenvalue weighted by atomic mass is 16.5. The Bertz CT molecular complexity index is 1110. The van der Waals surface area contributed by atoms with Crippen molar-refractivity contribution in [2.24, 2.45) is 19.9 Å². The summed E-state index contributed by atoms with van der Waals surface area (Å²) < 4.78 is 9.36. The van der Waals surface area contributed by atoms with Crippen molar-refractivity contribution < 1.29 is 9.84 Å². The van der Waals surface area contributed by atoms with E-state index in [1.807, 2.05) is 31.2 Å². The van der Waals surface area contributed by atoms with Gasteiger partial charge in [0.15, 0.2) is 11.2 Å². The number of aromatic nitrogens is 4. The number of rotatable bonds is 7. The van der Waals surface area contributed by atoms with Gasteiger partial charge in [-0.05, 0) is 24.1 Å². The van der Waals surface area contributed by atoms with E-state index in [2.05, 4.69) is 10.4 Å². The number of aryl methyl sites for hydroxylation is 2. The van der Waals surface area contributed by atoms with E-state index in [-0.39, 0.29) is 30.3 Å². The Balaban J connectivity index is 1.88. The first-order valence-electron chi connectivity index (χ1n) is 8.90. The molecule has 10 heteroatoms. The van der Waals surface area contributed by atoms with Crippen LogP contribution in [0.15, 0.2) is 33.9 Å². The van der Waals surface area contributed by atoms with E-state index >= 15 is 0 Å². The zero-order chi connectivity index (χ0) is 20.4. The number of benzene rings is 1. The Morgan fingerprint density at radius 2 is 2.04 bits per heavy atom. The molecule has 2 heterocycles. The van der Waals surface area contributed by atoms with Crippen LogP contribution in [0.5, 0.6) is 5.75 Å². The molecule has 3 rings (SSSR count). The molecule has 0 fully saturated rings. The van der Waals surface area contributed by atoms with Crippen LogP contribution in [-0.2, 0) is 27.1 Å². The Morgan fingerprint density at radius 3 is 2.71 bits per heavy atom. The molecular formula is C18H24N6O4. The third-order valence-electron chi connectivity index (χ3n) is 4.62. The zero-order valence-corrected chi connectivity index (χ0v) is 16.0. The van der Waals surface area contributed by atoms with Crippen LogP contribution in [0.3, 0.4) is 0 Å². The molecule has 0 spiro atoms. The summed E-state index contributed by atoms with van der Waals surface area (Å²) in [6.45, 7) is 2.08. The van der Waals surface area contributed by atoms with E-state index in [9.17, 15) is 14.7 Å². The van der Waals surface area contributed by atoms with Gasteiger partial charge in [0.2, 0.25) is 5.95 Å². The molecule has 1 aromatic carbocycles. The Hall–Kier alpha value is -3.11. The minimum Gasteiger partial charge on any atom is -0.491 e. The number of ether oxygens (including phenoxy) is 1. The number of imidazole rings is 1. The number of aliphatic hydroxyl groups is 1. The summed E-state index contributed by atoms with van der Waals surface area (Å²) in [4.78, 5) is 28.9. The Labute approximate surface area is 160 Å². The van der Waals surface area contributed by atoms with Gasteiger partial charge in [-0.15, -0.1) is 0 Å². The molecule has 0 saturated heterocycles. The molecule has 3 aromatic rings. The predicted molar refractivity (Wildman–Crippen MR) is 105 cm³/mol. The quantitative estimate of drug-likeness (QED) is 0.375. The number of nitrogens with zero attached hydrogens (tertiary/aromatic N) is 4. The first-order valence-corrected chi connectivity index (χ1v) is 8.90. The minimum atomic E-state index is -0.934. The number of hydrogen-bond acceptors (Lipinski definition) is 7. The maximum Gasteiger partial charge on any atom is 0.332 e.